The molecule has 1 aromatic heterocycles. The number of likely N-dealkylation sites (N-methyl/N-ethyl adjacent to an activating group) is 1. The highest BCUT2D eigenvalue weighted by molar-refractivity contribution is 7.10. The smallest absolute Gasteiger partial charge is 0.334 e. The predicted molar refractivity (Wildman–Crippen MR) is 90.6 cm³/mol. The molecule has 1 saturated heterocycles. The van der Waals surface area contributed by atoms with E-state index < -0.39 is 42.2 Å². The Morgan fingerprint density at radius 2 is 1.85 bits per heavy atom. The standard InChI is InChI=1S/C17H14FN3O4S/c1-20-15(23)16(24)21(17(20)25)9-13(22)19-14(12-3-2-8-26-12)10-4-6-11(18)7-5-10/h2-8,14H,9H2,1H3,(H,19,22)/t14-/m1/s1. The summed E-state index contributed by atoms with van der Waals surface area (Å²) in [6.45, 7) is -0.573. The molecule has 1 fully saturated rings. The number of urea groups is 1. The number of thiophene rings is 1. The molecule has 1 aliphatic rings. The summed E-state index contributed by atoms with van der Waals surface area (Å²) in [6, 6.07) is 7.86. The van der Waals surface area contributed by atoms with E-state index in [-0.39, 0.29) is 0 Å². The van der Waals surface area contributed by atoms with Crippen LogP contribution in [0.1, 0.15) is 16.5 Å². The Bertz CT molecular complexity index is 867. The summed E-state index contributed by atoms with van der Waals surface area (Å²) in [5, 5.41) is 4.56. The number of amides is 5. The van der Waals surface area contributed by atoms with E-state index >= 15 is 0 Å². The number of carbonyl (C=O) groups is 4. The largest absolute Gasteiger partial charge is 0.343 e. The summed E-state index contributed by atoms with van der Waals surface area (Å²) >= 11 is 1.40. The molecule has 26 heavy (non-hydrogen) atoms. The minimum Gasteiger partial charge on any atom is -0.343 e. The Morgan fingerprint density at radius 1 is 1.15 bits per heavy atom. The molecule has 9 heteroatoms. The Kier molecular flexibility index (Phi) is 4.81. The van der Waals surface area contributed by atoms with Gasteiger partial charge in [-0.15, -0.1) is 11.3 Å². The number of benzene rings is 1. The van der Waals surface area contributed by atoms with Crippen LogP contribution in [0.4, 0.5) is 9.18 Å². The lowest BCUT2D eigenvalue weighted by molar-refractivity contribution is -0.143. The summed E-state index contributed by atoms with van der Waals surface area (Å²) in [7, 11) is 1.17. The van der Waals surface area contributed by atoms with Crippen molar-refractivity contribution in [1.82, 2.24) is 15.1 Å². The third-order valence-corrected chi connectivity index (χ3v) is 4.83. The van der Waals surface area contributed by atoms with Crippen LogP contribution >= 0.6 is 11.3 Å². The Balaban J connectivity index is 1.78. The summed E-state index contributed by atoms with van der Waals surface area (Å²) in [5.41, 5.74) is 0.648. The minimum atomic E-state index is -1.04. The lowest BCUT2D eigenvalue weighted by atomic mass is 10.1. The van der Waals surface area contributed by atoms with E-state index in [1.54, 1.807) is 12.1 Å². The maximum atomic E-state index is 13.2. The molecule has 0 spiro atoms. The summed E-state index contributed by atoms with van der Waals surface area (Å²) < 4.78 is 13.2. The van der Waals surface area contributed by atoms with E-state index in [2.05, 4.69) is 5.32 Å². The third kappa shape index (κ3) is 3.33. The molecule has 0 radical (unpaired) electrons. The van der Waals surface area contributed by atoms with Gasteiger partial charge in [0.2, 0.25) is 5.91 Å². The normalized spacial score (nSPS) is 15.5. The number of carbonyl (C=O) groups excluding carboxylic acids is 4. The van der Waals surface area contributed by atoms with Gasteiger partial charge in [-0.1, -0.05) is 18.2 Å². The zero-order valence-corrected chi connectivity index (χ0v) is 14.5. The van der Waals surface area contributed by atoms with Gasteiger partial charge < -0.3 is 5.32 Å². The van der Waals surface area contributed by atoms with E-state index in [4.69, 9.17) is 0 Å². The summed E-state index contributed by atoms with van der Waals surface area (Å²) in [4.78, 5) is 49.6. The molecule has 2 aromatic rings. The lowest BCUT2D eigenvalue weighted by Crippen LogP contribution is -2.42. The molecule has 2 heterocycles. The highest BCUT2D eigenvalue weighted by Crippen LogP contribution is 2.26. The highest BCUT2D eigenvalue weighted by Gasteiger charge is 2.43. The van der Waals surface area contributed by atoms with Crippen molar-refractivity contribution in [3.63, 3.8) is 0 Å². The van der Waals surface area contributed by atoms with Crippen LogP contribution in [-0.2, 0) is 14.4 Å². The quantitative estimate of drug-likeness (QED) is 0.634. The molecule has 0 aliphatic carbocycles. The molecule has 7 nitrogen and oxygen atoms in total. The van der Waals surface area contributed by atoms with Crippen molar-refractivity contribution in [3.8, 4) is 0 Å². The van der Waals surface area contributed by atoms with Crippen LogP contribution < -0.4 is 5.32 Å². The molecular weight excluding hydrogens is 361 g/mol. The van der Waals surface area contributed by atoms with Crippen molar-refractivity contribution in [2.24, 2.45) is 0 Å². The van der Waals surface area contributed by atoms with Crippen LogP contribution in [0.15, 0.2) is 41.8 Å². The first-order valence-electron chi connectivity index (χ1n) is 7.60. The number of hydrogen-bond donors (Lipinski definition) is 1. The van der Waals surface area contributed by atoms with Gasteiger partial charge in [0.15, 0.2) is 0 Å². The fourth-order valence-corrected chi connectivity index (χ4v) is 3.34. The molecule has 0 bridgehead atoms. The highest BCUT2D eigenvalue weighted by atomic mass is 32.1. The Morgan fingerprint density at radius 3 is 2.38 bits per heavy atom. The number of nitrogens with zero attached hydrogens (tertiary/aromatic N) is 2. The van der Waals surface area contributed by atoms with E-state index in [0.29, 0.717) is 15.4 Å². The van der Waals surface area contributed by atoms with Crippen LogP contribution in [0, 0.1) is 5.82 Å². The predicted octanol–water partition coefficient (Wildman–Crippen LogP) is 1.51. The topological polar surface area (TPSA) is 86.8 Å². The maximum absolute atomic E-state index is 13.2. The molecule has 0 unspecified atom stereocenters. The van der Waals surface area contributed by atoms with Gasteiger partial charge >= 0.3 is 17.8 Å². The zero-order valence-electron chi connectivity index (χ0n) is 13.6. The number of imide groups is 2. The van der Waals surface area contributed by atoms with E-state index in [1.165, 1.54) is 30.5 Å². The average molecular weight is 375 g/mol. The molecule has 1 aromatic carbocycles. The van der Waals surface area contributed by atoms with Gasteiger partial charge in [-0.2, -0.15) is 0 Å². The molecule has 3 rings (SSSR count). The number of nitrogens with one attached hydrogen (secondary N) is 1. The molecule has 0 saturated carbocycles. The van der Waals surface area contributed by atoms with Gasteiger partial charge in [0.25, 0.3) is 0 Å². The second kappa shape index (κ2) is 7.04. The van der Waals surface area contributed by atoms with E-state index in [1.807, 2.05) is 17.5 Å². The van der Waals surface area contributed by atoms with E-state index in [9.17, 15) is 23.6 Å². The van der Waals surface area contributed by atoms with Crippen LogP contribution in [0.2, 0.25) is 0 Å². The molecule has 1 N–H and O–H groups in total. The summed E-state index contributed by atoms with van der Waals surface area (Å²) in [5.74, 6) is -3.03. The Labute approximate surface area is 152 Å². The van der Waals surface area contributed by atoms with Gasteiger partial charge in [-0.3, -0.25) is 19.3 Å². The minimum absolute atomic E-state index is 0.403. The van der Waals surface area contributed by atoms with Crippen LogP contribution in [0.3, 0.4) is 0 Å². The first kappa shape index (κ1) is 17.7. The fraction of sp³-hybridized carbons (Fsp3) is 0.176. The first-order chi connectivity index (χ1) is 12.4. The molecule has 1 atom stereocenters. The molecule has 134 valence electrons. The van der Waals surface area contributed by atoms with Crippen molar-refractivity contribution < 1.29 is 23.6 Å². The van der Waals surface area contributed by atoms with Crippen molar-refractivity contribution in [2.45, 2.75) is 6.04 Å². The van der Waals surface area contributed by atoms with Crippen molar-refractivity contribution in [3.05, 3.63) is 58.0 Å². The number of rotatable bonds is 5. The van der Waals surface area contributed by atoms with Crippen molar-refractivity contribution in [1.29, 1.82) is 0 Å². The van der Waals surface area contributed by atoms with E-state index in [0.717, 1.165) is 4.88 Å². The Hall–Kier alpha value is -3.07. The van der Waals surface area contributed by atoms with Crippen LogP contribution in [0.5, 0.6) is 0 Å². The number of hydrogen-bond acceptors (Lipinski definition) is 5. The van der Waals surface area contributed by atoms with Gasteiger partial charge in [-0.05, 0) is 29.1 Å². The van der Waals surface area contributed by atoms with Crippen molar-refractivity contribution in [2.75, 3.05) is 13.6 Å². The monoisotopic (exact) mass is 375 g/mol. The molecule has 1 aliphatic heterocycles. The van der Waals surface area contributed by atoms with Gasteiger partial charge in [-0.25, -0.2) is 14.1 Å². The maximum Gasteiger partial charge on any atom is 0.334 e. The second-order valence-electron chi connectivity index (χ2n) is 5.61. The van der Waals surface area contributed by atoms with Crippen molar-refractivity contribution >= 4 is 35.1 Å². The van der Waals surface area contributed by atoms with Gasteiger partial charge in [0, 0.05) is 11.9 Å². The van der Waals surface area contributed by atoms with Gasteiger partial charge in [0.05, 0.1) is 6.04 Å². The van der Waals surface area contributed by atoms with Crippen LogP contribution in [0.25, 0.3) is 0 Å². The lowest BCUT2D eigenvalue weighted by Gasteiger charge is -2.20. The van der Waals surface area contributed by atoms with Crippen LogP contribution in [-0.4, -0.2) is 47.1 Å². The molecule has 5 amide bonds. The summed E-state index contributed by atoms with van der Waals surface area (Å²) in [6.07, 6.45) is 0. The first-order valence-corrected chi connectivity index (χ1v) is 8.48. The fourth-order valence-electron chi connectivity index (χ4n) is 2.53. The average Bonchev–Trinajstić information content (AvgIpc) is 3.22. The second-order valence-corrected chi connectivity index (χ2v) is 6.58. The number of halogens is 1. The van der Waals surface area contributed by atoms with Gasteiger partial charge in [0.1, 0.15) is 12.4 Å². The SMILES string of the molecule is CN1C(=O)C(=O)N(CC(=O)N[C@H](c2ccc(F)cc2)c2cccs2)C1=O. The third-order valence-electron chi connectivity index (χ3n) is 3.89. The zero-order chi connectivity index (χ0) is 18.8. The molecular formula is C17H14FN3O4S.